The standard InChI is InChI=1S/C20H18ClF3N2O5S/c21-14-5-8-17(16(11-14)20(22,23)24)25-18(27)12-31-19(28)13-3-6-15(7-4-13)32(29,30)26-9-1-2-10-26/h3-8,11H,1-2,9-10,12H2,(H,25,27). The molecule has 0 atom stereocenters. The van der Waals surface area contributed by atoms with Crippen LogP contribution in [0.25, 0.3) is 0 Å². The van der Waals surface area contributed by atoms with E-state index in [9.17, 15) is 31.2 Å². The number of esters is 1. The first kappa shape index (κ1) is 24.0. The van der Waals surface area contributed by atoms with E-state index < -0.39 is 45.9 Å². The summed E-state index contributed by atoms with van der Waals surface area (Å²) in [5.74, 6) is -1.92. The summed E-state index contributed by atoms with van der Waals surface area (Å²) < 4.78 is 70.4. The Morgan fingerprint density at radius 3 is 2.28 bits per heavy atom. The highest BCUT2D eigenvalue weighted by Gasteiger charge is 2.34. The van der Waals surface area contributed by atoms with Gasteiger partial charge in [-0.2, -0.15) is 17.5 Å². The van der Waals surface area contributed by atoms with Crippen LogP contribution in [0.4, 0.5) is 18.9 Å². The number of ether oxygens (including phenoxy) is 1. The van der Waals surface area contributed by atoms with Gasteiger partial charge in [0.2, 0.25) is 10.0 Å². The van der Waals surface area contributed by atoms with Crippen molar-refractivity contribution in [3.05, 3.63) is 58.6 Å². The molecule has 1 saturated heterocycles. The van der Waals surface area contributed by atoms with Crippen LogP contribution in [0.3, 0.4) is 0 Å². The molecular formula is C20H18ClF3N2O5S. The van der Waals surface area contributed by atoms with Crippen LogP contribution in [0, 0.1) is 0 Å². The SMILES string of the molecule is O=C(COC(=O)c1ccc(S(=O)(=O)N2CCCC2)cc1)Nc1ccc(Cl)cc1C(F)(F)F. The zero-order chi connectivity index (χ0) is 23.5. The first-order valence-corrected chi connectivity index (χ1v) is 11.2. The number of rotatable bonds is 6. The van der Waals surface area contributed by atoms with Crippen LogP contribution >= 0.6 is 11.6 Å². The van der Waals surface area contributed by atoms with E-state index in [-0.39, 0.29) is 15.5 Å². The Morgan fingerprint density at radius 2 is 1.69 bits per heavy atom. The van der Waals surface area contributed by atoms with Gasteiger partial charge in [-0.25, -0.2) is 13.2 Å². The molecule has 2 aromatic rings. The number of hydrogen-bond donors (Lipinski definition) is 1. The monoisotopic (exact) mass is 490 g/mol. The van der Waals surface area contributed by atoms with Gasteiger partial charge in [-0.3, -0.25) is 4.79 Å². The van der Waals surface area contributed by atoms with Gasteiger partial charge in [0.15, 0.2) is 6.61 Å². The van der Waals surface area contributed by atoms with E-state index in [0.717, 1.165) is 18.9 Å². The van der Waals surface area contributed by atoms with E-state index in [4.69, 9.17) is 16.3 Å². The van der Waals surface area contributed by atoms with E-state index in [1.807, 2.05) is 5.32 Å². The molecule has 0 unspecified atom stereocenters. The van der Waals surface area contributed by atoms with Crippen molar-refractivity contribution in [2.24, 2.45) is 0 Å². The fourth-order valence-electron chi connectivity index (χ4n) is 3.10. The second-order valence-corrected chi connectivity index (χ2v) is 9.32. The van der Waals surface area contributed by atoms with Crippen LogP contribution in [-0.4, -0.2) is 44.3 Å². The maximum atomic E-state index is 13.1. The first-order chi connectivity index (χ1) is 15.0. The zero-order valence-electron chi connectivity index (χ0n) is 16.5. The average molecular weight is 491 g/mol. The number of benzene rings is 2. The van der Waals surface area contributed by atoms with Gasteiger partial charge in [-0.05, 0) is 55.3 Å². The number of sulfonamides is 1. The topological polar surface area (TPSA) is 92.8 Å². The highest BCUT2D eigenvalue weighted by Crippen LogP contribution is 2.36. The van der Waals surface area contributed by atoms with Crippen molar-refractivity contribution in [2.75, 3.05) is 25.0 Å². The van der Waals surface area contributed by atoms with E-state index in [1.54, 1.807) is 0 Å². The summed E-state index contributed by atoms with van der Waals surface area (Å²) in [6.07, 6.45) is -3.18. The Kier molecular flexibility index (Phi) is 7.11. The molecule has 1 aliphatic rings. The molecule has 1 heterocycles. The Balaban J connectivity index is 1.61. The lowest BCUT2D eigenvalue weighted by atomic mass is 10.1. The van der Waals surface area contributed by atoms with Crippen LogP contribution in [-0.2, 0) is 25.7 Å². The molecule has 2 aromatic carbocycles. The summed E-state index contributed by atoms with van der Waals surface area (Å²) in [5.41, 5.74) is -1.68. The number of nitrogens with one attached hydrogen (secondary N) is 1. The molecule has 1 fully saturated rings. The van der Waals surface area contributed by atoms with Gasteiger partial charge >= 0.3 is 12.1 Å². The van der Waals surface area contributed by atoms with Crippen LogP contribution in [0.15, 0.2) is 47.4 Å². The van der Waals surface area contributed by atoms with Gasteiger partial charge in [-0.15, -0.1) is 0 Å². The summed E-state index contributed by atoms with van der Waals surface area (Å²) >= 11 is 5.58. The molecule has 0 aliphatic carbocycles. The molecule has 3 rings (SSSR count). The second-order valence-electron chi connectivity index (χ2n) is 6.95. The molecule has 172 valence electrons. The molecule has 7 nitrogen and oxygen atoms in total. The first-order valence-electron chi connectivity index (χ1n) is 9.42. The molecule has 0 aromatic heterocycles. The Bertz CT molecular complexity index is 1120. The summed E-state index contributed by atoms with van der Waals surface area (Å²) in [4.78, 5) is 24.1. The van der Waals surface area contributed by atoms with Crippen LogP contribution in [0.2, 0.25) is 5.02 Å². The van der Waals surface area contributed by atoms with Gasteiger partial charge in [0, 0.05) is 18.1 Å². The highest BCUT2D eigenvalue weighted by molar-refractivity contribution is 7.89. The smallest absolute Gasteiger partial charge is 0.418 e. The molecule has 1 amide bonds. The van der Waals surface area contributed by atoms with Gasteiger partial charge in [0.05, 0.1) is 21.7 Å². The number of alkyl halides is 3. The van der Waals surface area contributed by atoms with Crippen molar-refractivity contribution in [2.45, 2.75) is 23.9 Å². The van der Waals surface area contributed by atoms with E-state index in [1.165, 1.54) is 34.6 Å². The predicted molar refractivity (Wildman–Crippen MR) is 110 cm³/mol. The number of carbonyl (C=O) groups is 2. The van der Waals surface area contributed by atoms with E-state index >= 15 is 0 Å². The Morgan fingerprint density at radius 1 is 1.06 bits per heavy atom. The van der Waals surface area contributed by atoms with Crippen molar-refractivity contribution in [1.82, 2.24) is 4.31 Å². The van der Waals surface area contributed by atoms with E-state index in [2.05, 4.69) is 0 Å². The number of nitrogens with zero attached hydrogens (tertiary/aromatic N) is 1. The quantitative estimate of drug-likeness (QED) is 0.619. The van der Waals surface area contributed by atoms with Crippen molar-refractivity contribution >= 4 is 39.2 Å². The number of halogens is 4. The lowest BCUT2D eigenvalue weighted by molar-refractivity contribution is -0.137. The second kappa shape index (κ2) is 9.47. The largest absolute Gasteiger partial charge is 0.452 e. The molecule has 0 saturated carbocycles. The minimum absolute atomic E-state index is 0.0133. The summed E-state index contributed by atoms with van der Waals surface area (Å²) in [6.45, 7) is 0.0302. The Labute approximate surface area is 187 Å². The number of amides is 1. The Hall–Kier alpha value is -2.63. The third-order valence-electron chi connectivity index (χ3n) is 4.69. The minimum Gasteiger partial charge on any atom is -0.452 e. The van der Waals surface area contributed by atoms with Gasteiger partial charge < -0.3 is 10.1 Å². The van der Waals surface area contributed by atoms with Crippen molar-refractivity contribution in [3.63, 3.8) is 0 Å². The van der Waals surface area contributed by atoms with Crippen LogP contribution in [0.5, 0.6) is 0 Å². The van der Waals surface area contributed by atoms with Crippen LogP contribution < -0.4 is 5.32 Å². The summed E-state index contributed by atoms with van der Waals surface area (Å²) in [7, 11) is -3.64. The maximum Gasteiger partial charge on any atom is 0.418 e. The van der Waals surface area contributed by atoms with Crippen molar-refractivity contribution in [3.8, 4) is 0 Å². The van der Waals surface area contributed by atoms with E-state index in [0.29, 0.717) is 19.2 Å². The predicted octanol–water partition coefficient (Wildman–Crippen LogP) is 3.94. The number of carbonyl (C=O) groups excluding carboxylic acids is 2. The highest BCUT2D eigenvalue weighted by atomic mass is 35.5. The van der Waals surface area contributed by atoms with Gasteiger partial charge in [0.1, 0.15) is 0 Å². The molecule has 0 bridgehead atoms. The van der Waals surface area contributed by atoms with Gasteiger partial charge in [0.25, 0.3) is 5.91 Å². The summed E-state index contributed by atoms with van der Waals surface area (Å²) in [6, 6.07) is 7.83. The third-order valence-corrected chi connectivity index (χ3v) is 6.84. The molecule has 1 aliphatic heterocycles. The normalized spacial score (nSPS) is 14.9. The number of hydrogen-bond acceptors (Lipinski definition) is 5. The fourth-order valence-corrected chi connectivity index (χ4v) is 4.79. The number of anilines is 1. The minimum atomic E-state index is -4.75. The van der Waals surface area contributed by atoms with Crippen molar-refractivity contribution in [1.29, 1.82) is 0 Å². The molecule has 0 radical (unpaired) electrons. The molecule has 12 heteroatoms. The molecule has 0 spiro atoms. The fraction of sp³-hybridized carbons (Fsp3) is 0.300. The maximum absolute atomic E-state index is 13.1. The molecule has 1 N–H and O–H groups in total. The van der Waals surface area contributed by atoms with Crippen molar-refractivity contribution < 1.29 is 35.9 Å². The zero-order valence-corrected chi connectivity index (χ0v) is 18.1. The van der Waals surface area contributed by atoms with Gasteiger partial charge in [-0.1, -0.05) is 11.6 Å². The average Bonchev–Trinajstić information content (AvgIpc) is 3.28. The third kappa shape index (κ3) is 5.59. The van der Waals surface area contributed by atoms with Crippen LogP contribution in [0.1, 0.15) is 28.8 Å². The lowest BCUT2D eigenvalue weighted by Crippen LogP contribution is -2.27. The molecule has 32 heavy (non-hydrogen) atoms. The molecular weight excluding hydrogens is 473 g/mol. The lowest BCUT2D eigenvalue weighted by Gasteiger charge is -2.15. The summed E-state index contributed by atoms with van der Waals surface area (Å²) in [5, 5.41) is 1.88.